The summed E-state index contributed by atoms with van der Waals surface area (Å²) in [5.41, 5.74) is 0. The molecule has 1 saturated carbocycles. The molecular formula is C11H19FO2. The Hall–Kier alpha value is -0.600. The normalized spacial score (nSPS) is 20.4. The molecule has 0 aromatic heterocycles. The van der Waals surface area contributed by atoms with Gasteiger partial charge in [-0.1, -0.05) is 32.1 Å². The fraction of sp³-hybridized carbons (Fsp3) is 0.909. The maximum atomic E-state index is 13.3. The molecule has 2 nitrogen and oxygen atoms in total. The van der Waals surface area contributed by atoms with E-state index in [-0.39, 0.29) is 6.61 Å². The number of hydrogen-bond donors (Lipinski definition) is 0. The molecule has 1 fully saturated rings. The molecule has 1 aliphatic carbocycles. The zero-order chi connectivity index (χ0) is 10.4. The highest BCUT2D eigenvalue weighted by Crippen LogP contribution is 2.28. The lowest BCUT2D eigenvalue weighted by atomic mass is 9.86. The molecule has 0 saturated heterocycles. The number of alkyl halides is 1. The highest BCUT2D eigenvalue weighted by Gasteiger charge is 2.24. The van der Waals surface area contributed by atoms with Crippen molar-refractivity contribution in [1.82, 2.24) is 0 Å². The van der Waals surface area contributed by atoms with Gasteiger partial charge in [0, 0.05) is 0 Å². The summed E-state index contributed by atoms with van der Waals surface area (Å²) < 4.78 is 17.9. The SMILES string of the molecule is CCOC(=O)[C@@H](F)CC1CCCCC1. The second-order valence-electron chi connectivity index (χ2n) is 3.96. The molecule has 1 atom stereocenters. The number of carbonyl (C=O) groups excluding carboxylic acids is 1. The highest BCUT2D eigenvalue weighted by atomic mass is 19.1. The molecule has 0 unspecified atom stereocenters. The van der Waals surface area contributed by atoms with E-state index < -0.39 is 12.1 Å². The van der Waals surface area contributed by atoms with Crippen molar-refractivity contribution in [1.29, 1.82) is 0 Å². The summed E-state index contributed by atoms with van der Waals surface area (Å²) in [6.07, 6.45) is 4.71. The third-order valence-electron chi connectivity index (χ3n) is 2.81. The molecule has 3 heteroatoms. The lowest BCUT2D eigenvalue weighted by molar-refractivity contribution is -0.149. The maximum absolute atomic E-state index is 13.3. The van der Waals surface area contributed by atoms with Gasteiger partial charge in [0.2, 0.25) is 0 Å². The predicted molar refractivity (Wildman–Crippen MR) is 52.7 cm³/mol. The molecule has 1 aliphatic rings. The second-order valence-corrected chi connectivity index (χ2v) is 3.96. The van der Waals surface area contributed by atoms with Gasteiger partial charge in [0.1, 0.15) is 0 Å². The second kappa shape index (κ2) is 5.99. The Morgan fingerprint density at radius 3 is 2.64 bits per heavy atom. The molecule has 0 N–H and O–H groups in total. The Kier molecular flexibility index (Phi) is 4.91. The van der Waals surface area contributed by atoms with Crippen molar-refractivity contribution >= 4 is 5.97 Å². The van der Waals surface area contributed by atoms with Crippen LogP contribution in [0.1, 0.15) is 45.4 Å². The number of carbonyl (C=O) groups is 1. The van der Waals surface area contributed by atoms with E-state index in [1.54, 1.807) is 6.92 Å². The van der Waals surface area contributed by atoms with Crippen LogP contribution in [0.5, 0.6) is 0 Å². The Morgan fingerprint density at radius 1 is 1.43 bits per heavy atom. The van der Waals surface area contributed by atoms with E-state index in [1.165, 1.54) is 19.3 Å². The van der Waals surface area contributed by atoms with Crippen molar-refractivity contribution in [3.63, 3.8) is 0 Å². The van der Waals surface area contributed by atoms with Crippen molar-refractivity contribution in [3.05, 3.63) is 0 Å². The van der Waals surface area contributed by atoms with E-state index >= 15 is 0 Å². The van der Waals surface area contributed by atoms with Crippen LogP contribution in [0.3, 0.4) is 0 Å². The van der Waals surface area contributed by atoms with Crippen LogP contribution in [0.4, 0.5) is 4.39 Å². The zero-order valence-electron chi connectivity index (χ0n) is 8.80. The number of halogens is 1. The molecule has 0 radical (unpaired) electrons. The van der Waals surface area contributed by atoms with Crippen molar-refractivity contribution in [2.75, 3.05) is 6.61 Å². The van der Waals surface area contributed by atoms with E-state index in [0.29, 0.717) is 12.3 Å². The third-order valence-corrected chi connectivity index (χ3v) is 2.81. The highest BCUT2D eigenvalue weighted by molar-refractivity contribution is 5.74. The van der Waals surface area contributed by atoms with Crippen LogP contribution in [0, 0.1) is 5.92 Å². The van der Waals surface area contributed by atoms with Crippen molar-refractivity contribution in [2.24, 2.45) is 5.92 Å². The first kappa shape index (κ1) is 11.5. The number of hydrogen-bond acceptors (Lipinski definition) is 2. The number of esters is 1. The van der Waals surface area contributed by atoms with Gasteiger partial charge in [0.15, 0.2) is 6.17 Å². The molecule has 0 amide bonds. The van der Waals surface area contributed by atoms with Gasteiger partial charge in [0.05, 0.1) is 6.61 Å². The Morgan fingerprint density at radius 2 is 2.07 bits per heavy atom. The summed E-state index contributed by atoms with van der Waals surface area (Å²) in [4.78, 5) is 11.0. The summed E-state index contributed by atoms with van der Waals surface area (Å²) in [5.74, 6) is -0.291. The van der Waals surface area contributed by atoms with Gasteiger partial charge in [-0.15, -0.1) is 0 Å². The molecule has 0 aromatic carbocycles. The minimum Gasteiger partial charge on any atom is -0.464 e. The fourth-order valence-electron chi connectivity index (χ4n) is 2.04. The van der Waals surface area contributed by atoms with Gasteiger partial charge in [-0.3, -0.25) is 0 Å². The van der Waals surface area contributed by atoms with Gasteiger partial charge in [-0.25, -0.2) is 9.18 Å². The van der Waals surface area contributed by atoms with Gasteiger partial charge in [0.25, 0.3) is 0 Å². The zero-order valence-corrected chi connectivity index (χ0v) is 8.80. The lowest BCUT2D eigenvalue weighted by Crippen LogP contribution is -2.23. The van der Waals surface area contributed by atoms with Crippen LogP contribution in [0.25, 0.3) is 0 Å². The lowest BCUT2D eigenvalue weighted by Gasteiger charge is -2.22. The average Bonchev–Trinajstić information content (AvgIpc) is 2.19. The van der Waals surface area contributed by atoms with Gasteiger partial charge < -0.3 is 4.74 Å². The van der Waals surface area contributed by atoms with E-state index in [2.05, 4.69) is 4.74 Å². The third kappa shape index (κ3) is 3.64. The molecule has 82 valence electrons. The molecular weight excluding hydrogens is 183 g/mol. The number of rotatable bonds is 4. The summed E-state index contributed by atoms with van der Waals surface area (Å²) in [7, 11) is 0. The smallest absolute Gasteiger partial charge is 0.340 e. The standard InChI is InChI=1S/C11H19FO2/c1-2-14-11(13)10(12)8-9-6-4-3-5-7-9/h9-10H,2-8H2,1H3/t10-/m0/s1. The fourth-order valence-corrected chi connectivity index (χ4v) is 2.04. The van der Waals surface area contributed by atoms with Crippen molar-refractivity contribution < 1.29 is 13.9 Å². The molecule has 0 aromatic rings. The van der Waals surface area contributed by atoms with Gasteiger partial charge >= 0.3 is 5.97 Å². The van der Waals surface area contributed by atoms with Crippen LogP contribution in [0.2, 0.25) is 0 Å². The summed E-state index contributed by atoms with van der Waals surface area (Å²) in [5, 5.41) is 0. The molecule has 14 heavy (non-hydrogen) atoms. The summed E-state index contributed by atoms with van der Waals surface area (Å²) >= 11 is 0. The largest absolute Gasteiger partial charge is 0.464 e. The van der Waals surface area contributed by atoms with Crippen LogP contribution >= 0.6 is 0 Å². The maximum Gasteiger partial charge on any atom is 0.340 e. The average molecular weight is 202 g/mol. The Labute approximate surface area is 84.8 Å². The van der Waals surface area contributed by atoms with E-state index in [4.69, 9.17) is 0 Å². The van der Waals surface area contributed by atoms with Crippen molar-refractivity contribution in [2.45, 2.75) is 51.6 Å². The quantitative estimate of drug-likeness (QED) is 0.655. The first-order chi connectivity index (χ1) is 6.74. The van der Waals surface area contributed by atoms with Crippen LogP contribution in [0.15, 0.2) is 0 Å². The molecule has 0 heterocycles. The molecule has 0 bridgehead atoms. The predicted octanol–water partition coefficient (Wildman–Crippen LogP) is 2.86. The topological polar surface area (TPSA) is 26.3 Å². The molecule has 0 spiro atoms. The first-order valence-electron chi connectivity index (χ1n) is 5.54. The van der Waals surface area contributed by atoms with Gasteiger partial charge in [-0.2, -0.15) is 0 Å². The molecule has 0 aliphatic heterocycles. The first-order valence-corrected chi connectivity index (χ1v) is 5.54. The number of ether oxygens (including phenoxy) is 1. The summed E-state index contributed by atoms with van der Waals surface area (Å²) in [6, 6.07) is 0. The minimum atomic E-state index is -1.40. The Bertz CT molecular complexity index is 176. The van der Waals surface area contributed by atoms with Crippen molar-refractivity contribution in [3.8, 4) is 0 Å². The van der Waals surface area contributed by atoms with Crippen LogP contribution < -0.4 is 0 Å². The summed E-state index contributed by atoms with van der Waals surface area (Å²) in [6.45, 7) is 1.97. The van der Waals surface area contributed by atoms with E-state index in [0.717, 1.165) is 12.8 Å². The van der Waals surface area contributed by atoms with E-state index in [9.17, 15) is 9.18 Å². The van der Waals surface area contributed by atoms with E-state index in [1.807, 2.05) is 0 Å². The van der Waals surface area contributed by atoms with Crippen LogP contribution in [-0.4, -0.2) is 18.7 Å². The molecule has 1 rings (SSSR count). The Balaban J connectivity index is 2.24. The van der Waals surface area contributed by atoms with Gasteiger partial charge in [-0.05, 0) is 19.3 Å². The minimum absolute atomic E-state index is 0.268. The van der Waals surface area contributed by atoms with Crippen LogP contribution in [-0.2, 0) is 9.53 Å². The monoisotopic (exact) mass is 202 g/mol.